The van der Waals surface area contributed by atoms with Crippen molar-refractivity contribution in [1.29, 1.82) is 0 Å². The Balaban J connectivity index is 1.93. The SMILES string of the molecule is COc1cc2nc(NC(=O)C3CC3)sc2cc1OC. The van der Waals surface area contributed by atoms with E-state index in [-0.39, 0.29) is 11.8 Å². The molecule has 1 aliphatic carbocycles. The fourth-order valence-corrected chi connectivity index (χ4v) is 2.74. The zero-order valence-corrected chi connectivity index (χ0v) is 11.5. The van der Waals surface area contributed by atoms with Gasteiger partial charge in [0.25, 0.3) is 0 Å². The number of nitrogens with one attached hydrogen (secondary N) is 1. The number of nitrogens with zero attached hydrogens (tertiary/aromatic N) is 1. The van der Waals surface area contributed by atoms with E-state index in [0.29, 0.717) is 16.6 Å². The summed E-state index contributed by atoms with van der Waals surface area (Å²) in [5.41, 5.74) is 0.800. The molecule has 0 unspecified atom stereocenters. The number of aromatic nitrogens is 1. The Morgan fingerprint density at radius 3 is 2.63 bits per heavy atom. The molecule has 6 heteroatoms. The van der Waals surface area contributed by atoms with E-state index in [2.05, 4.69) is 10.3 Å². The lowest BCUT2D eigenvalue weighted by Crippen LogP contribution is -2.12. The number of rotatable bonds is 4. The van der Waals surface area contributed by atoms with Gasteiger partial charge in [-0.15, -0.1) is 0 Å². The molecule has 0 bridgehead atoms. The summed E-state index contributed by atoms with van der Waals surface area (Å²) in [6, 6.07) is 3.69. The summed E-state index contributed by atoms with van der Waals surface area (Å²) in [7, 11) is 3.19. The summed E-state index contributed by atoms with van der Waals surface area (Å²) < 4.78 is 11.4. The second-order valence-electron chi connectivity index (χ2n) is 4.46. The van der Waals surface area contributed by atoms with Crippen molar-refractivity contribution in [2.45, 2.75) is 12.8 Å². The third-order valence-electron chi connectivity index (χ3n) is 3.07. The second kappa shape index (κ2) is 4.70. The molecule has 0 radical (unpaired) electrons. The molecule has 1 fully saturated rings. The van der Waals surface area contributed by atoms with Crippen LogP contribution >= 0.6 is 11.3 Å². The van der Waals surface area contributed by atoms with Crippen LogP contribution in [0.2, 0.25) is 0 Å². The van der Waals surface area contributed by atoms with Gasteiger partial charge in [-0.3, -0.25) is 4.79 Å². The number of methoxy groups -OCH3 is 2. The Bertz CT molecular complexity index is 593. The van der Waals surface area contributed by atoms with Crippen LogP contribution < -0.4 is 14.8 Å². The van der Waals surface area contributed by atoms with Gasteiger partial charge in [0, 0.05) is 18.1 Å². The molecule has 3 rings (SSSR count). The number of hydrogen-bond acceptors (Lipinski definition) is 5. The molecule has 2 aromatic rings. The van der Waals surface area contributed by atoms with Crippen molar-refractivity contribution in [3.8, 4) is 11.5 Å². The summed E-state index contributed by atoms with van der Waals surface area (Å²) in [6.07, 6.45) is 1.97. The number of carbonyl (C=O) groups is 1. The molecule has 5 nitrogen and oxygen atoms in total. The minimum Gasteiger partial charge on any atom is -0.493 e. The fourth-order valence-electron chi connectivity index (χ4n) is 1.86. The van der Waals surface area contributed by atoms with E-state index in [1.54, 1.807) is 14.2 Å². The van der Waals surface area contributed by atoms with E-state index in [1.165, 1.54) is 11.3 Å². The van der Waals surface area contributed by atoms with Gasteiger partial charge in [0.15, 0.2) is 16.6 Å². The van der Waals surface area contributed by atoms with Crippen LogP contribution in [0.3, 0.4) is 0 Å². The normalized spacial score (nSPS) is 14.4. The molecule has 19 heavy (non-hydrogen) atoms. The average molecular weight is 278 g/mol. The summed E-state index contributed by atoms with van der Waals surface area (Å²) in [6.45, 7) is 0. The summed E-state index contributed by atoms with van der Waals surface area (Å²) in [5, 5.41) is 3.48. The molecule has 1 heterocycles. The first kappa shape index (κ1) is 12.2. The first-order valence-electron chi connectivity index (χ1n) is 6.04. The highest BCUT2D eigenvalue weighted by Gasteiger charge is 2.30. The molecule has 1 amide bonds. The van der Waals surface area contributed by atoms with Crippen molar-refractivity contribution >= 4 is 32.6 Å². The lowest BCUT2D eigenvalue weighted by atomic mass is 10.3. The van der Waals surface area contributed by atoms with Gasteiger partial charge in [-0.1, -0.05) is 11.3 Å². The van der Waals surface area contributed by atoms with Crippen LogP contribution in [-0.2, 0) is 4.79 Å². The van der Waals surface area contributed by atoms with Crippen LogP contribution in [0.5, 0.6) is 11.5 Å². The first-order valence-corrected chi connectivity index (χ1v) is 6.86. The number of benzene rings is 1. The Hall–Kier alpha value is -1.82. The summed E-state index contributed by atoms with van der Waals surface area (Å²) >= 11 is 1.44. The topological polar surface area (TPSA) is 60.5 Å². The van der Waals surface area contributed by atoms with E-state index in [4.69, 9.17) is 9.47 Å². The van der Waals surface area contributed by atoms with Crippen molar-refractivity contribution in [2.24, 2.45) is 5.92 Å². The molecular weight excluding hydrogens is 264 g/mol. The highest BCUT2D eigenvalue weighted by atomic mass is 32.1. The van der Waals surface area contributed by atoms with Crippen LogP contribution in [0.4, 0.5) is 5.13 Å². The Kier molecular flexibility index (Phi) is 3.02. The third kappa shape index (κ3) is 2.35. The maximum absolute atomic E-state index is 11.7. The zero-order chi connectivity index (χ0) is 13.4. The average Bonchev–Trinajstić information content (AvgIpc) is 3.18. The minimum atomic E-state index is 0.0676. The molecular formula is C13H14N2O3S. The van der Waals surface area contributed by atoms with Gasteiger partial charge in [0.05, 0.1) is 24.4 Å². The lowest BCUT2D eigenvalue weighted by Gasteiger charge is -2.05. The Morgan fingerprint density at radius 2 is 2.00 bits per heavy atom. The largest absolute Gasteiger partial charge is 0.493 e. The molecule has 0 atom stereocenters. The lowest BCUT2D eigenvalue weighted by molar-refractivity contribution is -0.117. The maximum Gasteiger partial charge on any atom is 0.229 e. The fraction of sp³-hybridized carbons (Fsp3) is 0.385. The highest BCUT2D eigenvalue weighted by molar-refractivity contribution is 7.22. The highest BCUT2D eigenvalue weighted by Crippen LogP contribution is 2.37. The Labute approximate surface area is 114 Å². The minimum absolute atomic E-state index is 0.0676. The predicted molar refractivity (Wildman–Crippen MR) is 74.1 cm³/mol. The van der Waals surface area contributed by atoms with Crippen molar-refractivity contribution in [3.63, 3.8) is 0 Å². The van der Waals surface area contributed by atoms with Crippen LogP contribution in [-0.4, -0.2) is 25.1 Å². The standard InChI is InChI=1S/C13H14N2O3S/c1-17-9-5-8-11(6-10(9)18-2)19-13(14-8)15-12(16)7-3-4-7/h5-7H,3-4H2,1-2H3,(H,14,15,16). The van der Waals surface area contributed by atoms with E-state index < -0.39 is 0 Å². The number of thiazole rings is 1. The zero-order valence-electron chi connectivity index (χ0n) is 10.7. The van der Waals surface area contributed by atoms with Crippen molar-refractivity contribution in [1.82, 2.24) is 4.98 Å². The number of fused-ring (bicyclic) bond motifs is 1. The predicted octanol–water partition coefficient (Wildman–Crippen LogP) is 2.66. The maximum atomic E-state index is 11.7. The number of anilines is 1. The number of ether oxygens (including phenoxy) is 2. The molecule has 0 aliphatic heterocycles. The molecule has 0 spiro atoms. The number of carbonyl (C=O) groups excluding carboxylic acids is 1. The van der Waals surface area contributed by atoms with Gasteiger partial charge in [-0.05, 0) is 12.8 Å². The van der Waals surface area contributed by atoms with Crippen molar-refractivity contribution in [2.75, 3.05) is 19.5 Å². The Morgan fingerprint density at radius 1 is 1.32 bits per heavy atom. The van der Waals surface area contributed by atoms with Gasteiger partial charge >= 0.3 is 0 Å². The van der Waals surface area contributed by atoms with E-state index in [1.807, 2.05) is 12.1 Å². The number of hydrogen-bond donors (Lipinski definition) is 1. The van der Waals surface area contributed by atoms with E-state index >= 15 is 0 Å². The smallest absolute Gasteiger partial charge is 0.229 e. The van der Waals surface area contributed by atoms with Crippen molar-refractivity contribution < 1.29 is 14.3 Å². The van der Waals surface area contributed by atoms with Crippen LogP contribution in [0.1, 0.15) is 12.8 Å². The van der Waals surface area contributed by atoms with Gasteiger partial charge in [0.1, 0.15) is 0 Å². The molecule has 1 saturated carbocycles. The summed E-state index contributed by atoms with van der Waals surface area (Å²) in [5.74, 6) is 1.55. The van der Waals surface area contributed by atoms with E-state index in [0.717, 1.165) is 23.1 Å². The molecule has 100 valence electrons. The van der Waals surface area contributed by atoms with Gasteiger partial charge < -0.3 is 14.8 Å². The number of amides is 1. The molecule has 1 N–H and O–H groups in total. The molecule has 1 aromatic heterocycles. The third-order valence-corrected chi connectivity index (χ3v) is 4.01. The molecule has 1 aliphatic rings. The van der Waals surface area contributed by atoms with Gasteiger partial charge in [-0.25, -0.2) is 4.98 Å². The quantitative estimate of drug-likeness (QED) is 0.934. The first-order chi connectivity index (χ1) is 9.21. The van der Waals surface area contributed by atoms with Crippen LogP contribution in [0, 0.1) is 5.92 Å². The van der Waals surface area contributed by atoms with E-state index in [9.17, 15) is 4.79 Å². The van der Waals surface area contributed by atoms with Crippen molar-refractivity contribution in [3.05, 3.63) is 12.1 Å². The monoisotopic (exact) mass is 278 g/mol. The van der Waals surface area contributed by atoms with Gasteiger partial charge in [0.2, 0.25) is 5.91 Å². The van der Waals surface area contributed by atoms with Crippen LogP contribution in [0.15, 0.2) is 12.1 Å². The molecule has 0 saturated heterocycles. The second-order valence-corrected chi connectivity index (χ2v) is 5.49. The van der Waals surface area contributed by atoms with Crippen LogP contribution in [0.25, 0.3) is 10.2 Å². The van der Waals surface area contributed by atoms with Gasteiger partial charge in [-0.2, -0.15) is 0 Å². The molecule has 1 aromatic carbocycles. The summed E-state index contributed by atoms with van der Waals surface area (Å²) in [4.78, 5) is 16.1.